The number of aromatic nitrogens is 4. The monoisotopic (exact) mass is 949 g/mol. The van der Waals surface area contributed by atoms with Crippen LogP contribution in [0.25, 0.3) is 11.2 Å². The second-order valence-corrected chi connectivity index (χ2v) is 19.4. The van der Waals surface area contributed by atoms with Gasteiger partial charge >= 0.3 is 29.4 Å². The average molecular weight is 950 g/mol. The van der Waals surface area contributed by atoms with Crippen LogP contribution in [0.1, 0.15) is 54.2 Å². The molecule has 1 aliphatic rings. The number of rotatable bonds is 21. The Hall–Kier alpha value is -3.49. The molecule has 1 aliphatic heterocycles. The number of allylic oxidation sites excluding steroid dienone is 2. The highest BCUT2D eigenvalue weighted by atomic mass is 32.2. The maximum absolute atomic E-state index is 12.6. The number of carboxylic acid groups (broad SMARTS) is 1. The molecule has 11 N–H and O–H groups in total. The third kappa shape index (κ3) is 18.8. The first-order chi connectivity index (χ1) is 28.0. The zero-order valence-corrected chi connectivity index (χ0v) is 37.1. The number of thioether (sulfide) groups is 1. The van der Waals surface area contributed by atoms with Gasteiger partial charge in [-0.2, -0.15) is 4.31 Å². The minimum Gasteiger partial charge on any atom is -0.478 e. The third-order valence-electron chi connectivity index (χ3n) is 7.56. The van der Waals surface area contributed by atoms with Gasteiger partial charge in [-0.15, -0.1) is 0 Å². The van der Waals surface area contributed by atoms with E-state index in [1.165, 1.54) is 26.0 Å². The number of amides is 2. The van der Waals surface area contributed by atoms with Gasteiger partial charge in [-0.1, -0.05) is 36.8 Å². The number of nitrogens with zero attached hydrogens (tertiary/aromatic N) is 4. The maximum atomic E-state index is 12.6. The fraction of sp³-hybridized carbons (Fsp3) is 0.581. The third-order valence-corrected chi connectivity index (χ3v) is 11.5. The smallest absolute Gasteiger partial charge is 0.478 e. The fourth-order valence-corrected chi connectivity index (χ4v) is 8.36. The van der Waals surface area contributed by atoms with Crippen molar-refractivity contribution in [2.45, 2.75) is 78.6 Å². The summed E-state index contributed by atoms with van der Waals surface area (Å²) < 4.78 is 62.0. The van der Waals surface area contributed by atoms with Gasteiger partial charge in [0.2, 0.25) is 16.9 Å². The molecule has 0 saturated carbocycles. The lowest BCUT2D eigenvalue weighted by atomic mass is 9.87. The Bertz CT molecular complexity index is 2070. The molecular weight excluding hydrogens is 899 g/mol. The van der Waals surface area contributed by atoms with E-state index in [-0.39, 0.29) is 41.6 Å². The second kappa shape index (κ2) is 23.3. The summed E-state index contributed by atoms with van der Waals surface area (Å²) in [6.07, 6.45) is -4.28. The number of fused-ring (bicyclic) bond motifs is 1. The van der Waals surface area contributed by atoms with Crippen LogP contribution in [0, 0.1) is 5.41 Å². The van der Waals surface area contributed by atoms with Crippen LogP contribution >= 0.6 is 35.2 Å². The van der Waals surface area contributed by atoms with E-state index in [1.807, 2.05) is 0 Å². The van der Waals surface area contributed by atoms with Gasteiger partial charge in [-0.25, -0.2) is 33.4 Å². The Kier molecular flexibility index (Phi) is 20.5. The van der Waals surface area contributed by atoms with Gasteiger partial charge in [-0.05, 0) is 33.8 Å². The van der Waals surface area contributed by atoms with Crippen LogP contribution < -0.4 is 16.4 Å². The average Bonchev–Trinajstić information content (AvgIpc) is 3.67. The molecule has 0 bridgehead atoms. The Balaban J connectivity index is 0.00000168. The van der Waals surface area contributed by atoms with E-state index in [9.17, 15) is 62.7 Å². The fourth-order valence-electron chi connectivity index (χ4n) is 4.81. The van der Waals surface area contributed by atoms with E-state index in [0.717, 1.165) is 40.1 Å². The highest BCUT2D eigenvalue weighted by Gasteiger charge is 2.50. The van der Waals surface area contributed by atoms with E-state index in [2.05, 4.69) is 34.4 Å². The number of phosphoric acid groups is 3. The lowest BCUT2D eigenvalue weighted by molar-refractivity contribution is -0.137. The molecule has 30 heteroatoms. The number of anilines is 1. The first-order valence-electron chi connectivity index (χ1n) is 17.6. The molecule has 0 aromatic carbocycles. The highest BCUT2D eigenvalue weighted by Crippen LogP contribution is 2.61. The zero-order valence-electron chi connectivity index (χ0n) is 33.6. The van der Waals surface area contributed by atoms with Crippen LogP contribution in [0.3, 0.4) is 0 Å². The largest absolute Gasteiger partial charge is 0.481 e. The van der Waals surface area contributed by atoms with Crippen molar-refractivity contribution in [3.05, 3.63) is 36.0 Å². The van der Waals surface area contributed by atoms with Crippen LogP contribution in [0.2, 0.25) is 0 Å². The van der Waals surface area contributed by atoms with E-state index in [1.54, 1.807) is 27.7 Å². The molecule has 3 unspecified atom stereocenters. The van der Waals surface area contributed by atoms with Gasteiger partial charge in [0, 0.05) is 36.8 Å². The normalized spacial score (nSPS) is 20.3. The number of aliphatic hydroxyl groups is 2. The van der Waals surface area contributed by atoms with E-state index >= 15 is 0 Å². The number of aliphatic hydroxyl groups excluding tert-OH is 2. The first kappa shape index (κ1) is 53.6. The molecule has 344 valence electrons. The summed E-state index contributed by atoms with van der Waals surface area (Å²) in [4.78, 5) is 96.8. The number of carboxylic acids is 1. The zero-order chi connectivity index (χ0) is 46.5. The standard InChI is InChI=1S/C26H42N7O17P3S.C5H8O2/c1-14(2)9-17(35)54-8-7-28-16(34)5-6-29-24(38)21(37)26(3,4)11-47-53(44,45)50-52(42,43)46-10-15-20(49-51(39,40)41)19(36)25(48-15)33-13-32-18-22(27)30-12-31-23(18)33;1-4(2)3-5(6)7/h9,12-13,15,19-21,25,36-37H,5-8,10-11H2,1-4H3,(H,28,34)(H,29,38)(H,42,43)(H,44,45)(H2,27,30,31)(H2,39,40,41);3H,1-2H3,(H,6,7)/t15-,19-,20-,21?,25-;/m1./s1. The summed E-state index contributed by atoms with van der Waals surface area (Å²) >= 11 is 1.02. The summed E-state index contributed by atoms with van der Waals surface area (Å²) in [5.41, 5.74) is 5.91. The minimum atomic E-state index is -5.57. The van der Waals surface area contributed by atoms with Crippen molar-refractivity contribution in [3.8, 4) is 0 Å². The summed E-state index contributed by atoms with van der Waals surface area (Å²) in [7, 11) is -16.4. The topological polar surface area (TPSA) is 401 Å². The van der Waals surface area contributed by atoms with Crippen LogP contribution in [0.4, 0.5) is 5.82 Å². The quantitative estimate of drug-likeness (QED) is 0.0467. The number of phosphoric ester groups is 3. The summed E-state index contributed by atoms with van der Waals surface area (Å²) in [6, 6.07) is 0. The minimum absolute atomic E-state index is 0.0301. The molecule has 2 amide bonds. The molecule has 3 heterocycles. The number of nitrogens with two attached hydrogens (primary N) is 1. The number of nitrogens with one attached hydrogen (secondary N) is 2. The lowest BCUT2D eigenvalue weighted by Crippen LogP contribution is -2.46. The Morgan fingerprint density at radius 2 is 1.61 bits per heavy atom. The Morgan fingerprint density at radius 3 is 2.18 bits per heavy atom. The van der Waals surface area contributed by atoms with Crippen LogP contribution in [-0.4, -0.2) is 134 Å². The first-order valence-corrected chi connectivity index (χ1v) is 23.1. The summed E-state index contributed by atoms with van der Waals surface area (Å²) in [5.74, 6) is -2.01. The molecule has 3 rings (SSSR count). The Labute approximate surface area is 352 Å². The lowest BCUT2D eigenvalue weighted by Gasteiger charge is -2.30. The molecule has 26 nitrogen and oxygen atoms in total. The molecule has 2 aromatic rings. The summed E-state index contributed by atoms with van der Waals surface area (Å²) in [6.45, 7) is 7.52. The van der Waals surface area contributed by atoms with Gasteiger partial charge < -0.3 is 56.0 Å². The molecule has 1 fully saturated rings. The van der Waals surface area contributed by atoms with Crippen molar-refractivity contribution in [1.82, 2.24) is 30.2 Å². The van der Waals surface area contributed by atoms with Gasteiger partial charge in [-0.3, -0.25) is 32.5 Å². The molecule has 0 aliphatic carbocycles. The van der Waals surface area contributed by atoms with E-state index < -0.39 is 90.5 Å². The number of aliphatic carboxylic acids is 1. The summed E-state index contributed by atoms with van der Waals surface area (Å²) in [5, 5.41) is 34.1. The van der Waals surface area contributed by atoms with Crippen molar-refractivity contribution < 1.29 is 90.4 Å². The maximum Gasteiger partial charge on any atom is 0.481 e. The van der Waals surface area contributed by atoms with Crippen LogP contribution in [-0.2, 0) is 55.5 Å². The molecule has 0 radical (unpaired) electrons. The van der Waals surface area contributed by atoms with Gasteiger partial charge in [0.05, 0.1) is 19.5 Å². The SMILES string of the molecule is CC(C)=CC(=O)O.CC(C)=CC(=O)SCCNC(=O)CCNC(=O)C(O)C(C)(C)COP(=O)(O)OP(=O)(O)OC[C@H]1O[C@@H](n2cnc3c(N)ncnc32)[C@H](O)[C@@H]1OP(=O)(O)O. The van der Waals surface area contributed by atoms with Gasteiger partial charge in [0.1, 0.15) is 36.3 Å². The number of imidazole rings is 1. The van der Waals surface area contributed by atoms with Crippen LogP contribution in [0.5, 0.6) is 0 Å². The molecular formula is C31H50N7O19P3S. The second-order valence-electron chi connectivity index (χ2n) is 14.0. The number of hydrogen-bond donors (Lipinski definition) is 10. The molecule has 2 aromatic heterocycles. The van der Waals surface area contributed by atoms with Crippen molar-refractivity contribution in [2.75, 3.05) is 37.8 Å². The number of nitrogen functional groups attached to an aromatic ring is 1. The predicted molar refractivity (Wildman–Crippen MR) is 214 cm³/mol. The number of ether oxygens (including phenoxy) is 1. The predicted octanol–water partition coefficient (Wildman–Crippen LogP) is 0.668. The van der Waals surface area contributed by atoms with Crippen molar-refractivity contribution in [2.24, 2.45) is 5.41 Å². The molecule has 0 spiro atoms. The van der Waals surface area contributed by atoms with Crippen molar-refractivity contribution >= 4 is 75.1 Å². The van der Waals surface area contributed by atoms with E-state index in [0.29, 0.717) is 5.75 Å². The molecule has 61 heavy (non-hydrogen) atoms. The van der Waals surface area contributed by atoms with Crippen LogP contribution in [0.15, 0.2) is 36.0 Å². The van der Waals surface area contributed by atoms with Crippen molar-refractivity contribution in [1.29, 1.82) is 0 Å². The highest BCUT2D eigenvalue weighted by molar-refractivity contribution is 8.14. The number of carbonyl (C=O) groups excluding carboxylic acids is 3. The molecule has 1 saturated heterocycles. The Morgan fingerprint density at radius 1 is 0.984 bits per heavy atom. The number of carbonyl (C=O) groups is 4. The van der Waals surface area contributed by atoms with Gasteiger partial charge in [0.15, 0.2) is 17.7 Å². The number of hydrogen-bond acceptors (Lipinski definition) is 19. The van der Waals surface area contributed by atoms with Crippen molar-refractivity contribution in [3.63, 3.8) is 0 Å². The van der Waals surface area contributed by atoms with E-state index in [4.69, 9.17) is 24.6 Å². The molecule has 7 atom stereocenters. The van der Waals surface area contributed by atoms with Gasteiger partial charge in [0.25, 0.3) is 0 Å².